The molecule has 2 atom stereocenters. The van der Waals surface area contributed by atoms with Crippen LogP contribution in [0.2, 0.25) is 0 Å². The molecule has 8 heteroatoms. The van der Waals surface area contributed by atoms with Crippen LogP contribution in [-0.4, -0.2) is 63.3 Å². The van der Waals surface area contributed by atoms with Crippen LogP contribution in [0.5, 0.6) is 0 Å². The number of fused-ring (bicyclic) bond motifs is 1. The van der Waals surface area contributed by atoms with Crippen molar-refractivity contribution in [3.8, 4) is 0 Å². The molecule has 8 nitrogen and oxygen atoms in total. The van der Waals surface area contributed by atoms with Gasteiger partial charge in [-0.2, -0.15) is 5.10 Å². The van der Waals surface area contributed by atoms with Crippen LogP contribution in [0.25, 0.3) is 5.65 Å². The van der Waals surface area contributed by atoms with Crippen molar-refractivity contribution in [3.05, 3.63) is 34.7 Å². The molecule has 1 amide bonds. The second-order valence-electron chi connectivity index (χ2n) is 9.13. The van der Waals surface area contributed by atoms with E-state index in [2.05, 4.69) is 16.8 Å². The van der Waals surface area contributed by atoms with Gasteiger partial charge in [-0.15, -0.1) is 0 Å². The van der Waals surface area contributed by atoms with Gasteiger partial charge in [0.1, 0.15) is 5.82 Å². The summed E-state index contributed by atoms with van der Waals surface area (Å²) in [5.41, 5.74) is 11.8. The minimum Gasteiger partial charge on any atom is -0.355 e. The highest BCUT2D eigenvalue weighted by Crippen LogP contribution is 2.33. The molecule has 0 aromatic carbocycles. The van der Waals surface area contributed by atoms with Crippen LogP contribution in [0.3, 0.4) is 0 Å². The summed E-state index contributed by atoms with van der Waals surface area (Å²) < 4.78 is 1.86. The zero-order valence-corrected chi connectivity index (χ0v) is 18.6. The third kappa shape index (κ3) is 3.52. The minimum absolute atomic E-state index is 0.0203. The number of amides is 1. The number of nitrogens with zero attached hydrogens (tertiary/aromatic N) is 6. The van der Waals surface area contributed by atoms with Gasteiger partial charge < -0.3 is 15.5 Å². The molecule has 5 heterocycles. The SMILES string of the molecule is CC1=NCC(C(=O)N2CCCC[C@H]2c2cc3nc(N4CC[C@H](N)C4)c(C)cn3n2)=C1C. The van der Waals surface area contributed by atoms with Crippen LogP contribution in [-0.2, 0) is 4.79 Å². The molecule has 3 aliphatic heterocycles. The van der Waals surface area contributed by atoms with Crippen molar-refractivity contribution in [2.24, 2.45) is 10.7 Å². The molecule has 2 aromatic heterocycles. The summed E-state index contributed by atoms with van der Waals surface area (Å²) >= 11 is 0. The van der Waals surface area contributed by atoms with Gasteiger partial charge in [-0.05, 0) is 52.0 Å². The smallest absolute Gasteiger partial charge is 0.252 e. The van der Waals surface area contributed by atoms with Crippen molar-refractivity contribution in [2.45, 2.75) is 58.5 Å². The van der Waals surface area contributed by atoms with E-state index in [9.17, 15) is 4.79 Å². The number of anilines is 1. The van der Waals surface area contributed by atoms with Gasteiger partial charge in [0.2, 0.25) is 0 Å². The second-order valence-corrected chi connectivity index (χ2v) is 9.13. The predicted octanol–water partition coefficient (Wildman–Crippen LogP) is 2.42. The molecule has 0 bridgehead atoms. The van der Waals surface area contributed by atoms with Crippen molar-refractivity contribution >= 4 is 23.1 Å². The van der Waals surface area contributed by atoms with Crippen LogP contribution in [0, 0.1) is 6.92 Å². The molecule has 31 heavy (non-hydrogen) atoms. The number of aliphatic imine (C=N–C) groups is 1. The number of likely N-dealkylation sites (tertiary alicyclic amines) is 1. The first-order chi connectivity index (χ1) is 14.9. The average Bonchev–Trinajstić information content (AvgIpc) is 3.46. The first-order valence-corrected chi connectivity index (χ1v) is 11.3. The van der Waals surface area contributed by atoms with Crippen LogP contribution in [0.1, 0.15) is 56.8 Å². The molecule has 164 valence electrons. The predicted molar refractivity (Wildman–Crippen MR) is 122 cm³/mol. The van der Waals surface area contributed by atoms with E-state index in [0.29, 0.717) is 6.54 Å². The lowest BCUT2D eigenvalue weighted by molar-refractivity contribution is -0.131. The molecular weight excluding hydrogens is 390 g/mol. The summed E-state index contributed by atoms with van der Waals surface area (Å²) in [6.45, 7) is 9.08. The summed E-state index contributed by atoms with van der Waals surface area (Å²) in [7, 11) is 0. The maximum Gasteiger partial charge on any atom is 0.252 e. The number of hydrogen-bond acceptors (Lipinski definition) is 6. The van der Waals surface area contributed by atoms with Gasteiger partial charge in [0, 0.05) is 54.8 Å². The highest BCUT2D eigenvalue weighted by Gasteiger charge is 2.33. The van der Waals surface area contributed by atoms with E-state index in [0.717, 1.165) is 84.9 Å². The number of allylic oxidation sites excluding steroid dienone is 1. The van der Waals surface area contributed by atoms with E-state index < -0.39 is 0 Å². The van der Waals surface area contributed by atoms with E-state index in [1.165, 1.54) is 0 Å². The van der Waals surface area contributed by atoms with E-state index in [1.807, 2.05) is 35.5 Å². The summed E-state index contributed by atoms with van der Waals surface area (Å²) in [4.78, 5) is 27.0. The monoisotopic (exact) mass is 421 g/mol. The van der Waals surface area contributed by atoms with E-state index in [1.54, 1.807) is 0 Å². The molecule has 0 unspecified atom stereocenters. The topological polar surface area (TPSA) is 92.1 Å². The Morgan fingerprint density at radius 3 is 2.71 bits per heavy atom. The highest BCUT2D eigenvalue weighted by atomic mass is 16.2. The molecule has 0 spiro atoms. The van der Waals surface area contributed by atoms with E-state index >= 15 is 0 Å². The summed E-state index contributed by atoms with van der Waals surface area (Å²) in [6, 6.07) is 2.24. The molecule has 5 rings (SSSR count). The summed E-state index contributed by atoms with van der Waals surface area (Å²) in [5.74, 6) is 1.10. The average molecular weight is 422 g/mol. The first-order valence-electron chi connectivity index (χ1n) is 11.3. The van der Waals surface area contributed by atoms with Crippen LogP contribution in [0.4, 0.5) is 5.82 Å². The molecule has 2 N–H and O–H groups in total. The van der Waals surface area contributed by atoms with Crippen LogP contribution in [0.15, 0.2) is 28.4 Å². The number of aromatic nitrogens is 3. The van der Waals surface area contributed by atoms with Crippen molar-refractivity contribution in [1.29, 1.82) is 0 Å². The summed E-state index contributed by atoms with van der Waals surface area (Å²) in [5, 5.41) is 4.85. The lowest BCUT2D eigenvalue weighted by Crippen LogP contribution is -2.40. The summed E-state index contributed by atoms with van der Waals surface area (Å²) in [6.07, 6.45) is 6.08. The number of carbonyl (C=O) groups is 1. The van der Waals surface area contributed by atoms with Crippen LogP contribution >= 0.6 is 0 Å². The van der Waals surface area contributed by atoms with Gasteiger partial charge in [-0.3, -0.25) is 9.79 Å². The normalized spacial score (nSPS) is 24.5. The van der Waals surface area contributed by atoms with Crippen molar-refractivity contribution in [2.75, 3.05) is 31.1 Å². The lowest BCUT2D eigenvalue weighted by atomic mass is 9.97. The number of carbonyl (C=O) groups excluding carboxylic acids is 1. The Hall–Kier alpha value is -2.74. The maximum atomic E-state index is 13.4. The number of piperidine rings is 1. The minimum atomic E-state index is -0.0203. The van der Waals surface area contributed by atoms with E-state index in [4.69, 9.17) is 15.8 Å². The highest BCUT2D eigenvalue weighted by molar-refractivity contribution is 6.09. The fourth-order valence-corrected chi connectivity index (χ4v) is 5.02. The molecule has 2 aromatic rings. The molecule has 0 radical (unpaired) electrons. The number of aryl methyl sites for hydroxylation is 1. The second kappa shape index (κ2) is 7.75. The Morgan fingerprint density at radius 2 is 2.00 bits per heavy atom. The fraction of sp³-hybridized carbons (Fsp3) is 0.565. The Bertz CT molecular complexity index is 1100. The molecule has 2 saturated heterocycles. The maximum absolute atomic E-state index is 13.4. The first kappa shape index (κ1) is 20.2. The standard InChI is InChI=1S/C23H31N7O/c1-14-12-30-21(26-22(14)28-9-7-17(24)13-28)10-19(27-30)20-6-4-5-8-29(20)23(31)18-11-25-16(3)15(18)2/h10,12,17,20H,4-9,11,13,24H2,1-3H3/t17-,20-/m0/s1. The Kier molecular flexibility index (Phi) is 5.04. The number of rotatable bonds is 3. The fourth-order valence-electron chi connectivity index (χ4n) is 5.02. The van der Waals surface area contributed by atoms with Gasteiger partial charge in [-0.25, -0.2) is 9.50 Å². The van der Waals surface area contributed by atoms with Gasteiger partial charge in [0.05, 0.1) is 18.3 Å². The Balaban J connectivity index is 1.46. The third-order valence-electron chi connectivity index (χ3n) is 6.98. The van der Waals surface area contributed by atoms with Gasteiger partial charge >= 0.3 is 0 Å². The molecule has 3 aliphatic rings. The number of nitrogens with two attached hydrogens (primary N) is 1. The quantitative estimate of drug-likeness (QED) is 0.822. The Morgan fingerprint density at radius 1 is 1.16 bits per heavy atom. The lowest BCUT2D eigenvalue weighted by Gasteiger charge is -2.35. The van der Waals surface area contributed by atoms with Crippen molar-refractivity contribution in [1.82, 2.24) is 19.5 Å². The van der Waals surface area contributed by atoms with E-state index in [-0.39, 0.29) is 18.0 Å². The third-order valence-corrected chi connectivity index (χ3v) is 6.98. The van der Waals surface area contributed by atoms with Crippen LogP contribution < -0.4 is 10.6 Å². The van der Waals surface area contributed by atoms with Gasteiger partial charge in [0.15, 0.2) is 5.65 Å². The molecule has 0 aliphatic carbocycles. The molecule has 0 saturated carbocycles. The zero-order valence-electron chi connectivity index (χ0n) is 18.6. The Labute approximate surface area is 182 Å². The van der Waals surface area contributed by atoms with Crippen molar-refractivity contribution in [3.63, 3.8) is 0 Å². The van der Waals surface area contributed by atoms with Crippen molar-refractivity contribution < 1.29 is 4.79 Å². The molecule has 2 fully saturated rings. The number of hydrogen-bond donors (Lipinski definition) is 1. The largest absolute Gasteiger partial charge is 0.355 e. The molecular formula is C23H31N7O. The van der Waals surface area contributed by atoms with Gasteiger partial charge in [-0.1, -0.05) is 0 Å². The van der Waals surface area contributed by atoms with Gasteiger partial charge in [0.25, 0.3) is 5.91 Å². The zero-order chi connectivity index (χ0) is 21.7.